The summed E-state index contributed by atoms with van der Waals surface area (Å²) >= 11 is 4.86. The van der Waals surface area contributed by atoms with Crippen molar-refractivity contribution in [3.8, 4) is 33.9 Å². The standard InChI is InChI=1S/C52H58N9O16PS/c1-27(2)19-39(50(70)60-41(25-62)47(54)67)57-45(66)24-55-49(69)38(13-14-44(53)65)58-51(71)40(20-28-3-8-33(9-4-28)77-78(73,74)75)59-48(68)29-15-17-61(18-16-29)52(72)37-21-30(56-26-79)5-10-34(37)46-35-11-6-31(63)22-42(35)76-43-23-32(64)7-12-36(43)46/h3-12,21-23,27,29,38-41,62-63H,13-20,24-25H2,1-2H3,(H2,53,65)(H2,54,67)(H,55,69)(H,57,66)(H,58,71)(H,59,68)(H,60,70)(H2,73,74,75)/t38-,39-,40-,41-/m0/s1. The Labute approximate surface area is 456 Å². The highest BCUT2D eigenvalue weighted by atomic mass is 32.1. The van der Waals surface area contributed by atoms with Gasteiger partial charge in [-0.3, -0.25) is 52.9 Å². The number of hydrogen-bond acceptors (Lipinski definition) is 16. The number of thiocarbonyl (C=S) groups is 1. The lowest BCUT2D eigenvalue weighted by Gasteiger charge is -2.33. The van der Waals surface area contributed by atoms with Crippen LogP contribution < -0.4 is 48.0 Å². The molecule has 0 saturated carbocycles. The van der Waals surface area contributed by atoms with Crippen LogP contribution in [0.2, 0.25) is 0 Å². The minimum Gasteiger partial charge on any atom is -0.508 e. The van der Waals surface area contributed by atoms with E-state index in [0.717, 1.165) is 0 Å². The Morgan fingerprint density at radius 2 is 1.51 bits per heavy atom. The molecule has 0 radical (unpaired) electrons. The molecule has 6 rings (SSSR count). The van der Waals surface area contributed by atoms with E-state index in [4.69, 9.17) is 28.1 Å². The molecule has 25 nitrogen and oxygen atoms in total. The molecule has 13 N–H and O–H groups in total. The fourth-order valence-corrected chi connectivity index (χ4v) is 9.32. The number of phenols is 1. The molecular weight excluding hydrogens is 1070 g/mol. The first kappa shape index (κ1) is 59.9. The second-order valence-electron chi connectivity index (χ2n) is 19.0. The lowest BCUT2D eigenvalue weighted by molar-refractivity contribution is -0.134. The van der Waals surface area contributed by atoms with Gasteiger partial charge in [0, 0.05) is 66.1 Å². The third-order valence-electron chi connectivity index (χ3n) is 12.7. The van der Waals surface area contributed by atoms with Gasteiger partial charge in [-0.15, -0.1) is 0 Å². The topological polar surface area (TPSA) is 402 Å². The molecule has 3 aliphatic rings. The maximum Gasteiger partial charge on any atom is 0.524 e. The predicted octanol–water partition coefficient (Wildman–Crippen LogP) is 1.42. The van der Waals surface area contributed by atoms with Crippen molar-refractivity contribution in [2.75, 3.05) is 26.2 Å². The molecule has 2 aliphatic heterocycles. The van der Waals surface area contributed by atoms with Crippen LogP contribution >= 0.6 is 20.0 Å². The van der Waals surface area contributed by atoms with Crippen molar-refractivity contribution in [1.29, 1.82) is 0 Å². The molecule has 79 heavy (non-hydrogen) atoms. The van der Waals surface area contributed by atoms with Crippen LogP contribution in [-0.4, -0.2) is 128 Å². The van der Waals surface area contributed by atoms with E-state index >= 15 is 0 Å². The van der Waals surface area contributed by atoms with E-state index in [2.05, 4.69) is 41.3 Å². The van der Waals surface area contributed by atoms with Gasteiger partial charge in [-0.05, 0) is 103 Å². The molecule has 0 spiro atoms. The Bertz CT molecular complexity index is 3260. The summed E-state index contributed by atoms with van der Waals surface area (Å²) in [5.74, 6) is -7.59. The molecule has 1 saturated heterocycles. The number of nitrogens with two attached hydrogens (primary N) is 2. The first-order valence-corrected chi connectivity index (χ1v) is 26.6. The van der Waals surface area contributed by atoms with Gasteiger partial charge < -0.3 is 62.1 Å². The molecule has 0 bridgehead atoms. The van der Waals surface area contributed by atoms with Gasteiger partial charge in [0.2, 0.25) is 41.4 Å². The molecule has 3 aromatic carbocycles. The van der Waals surface area contributed by atoms with Gasteiger partial charge in [-0.25, -0.2) is 4.57 Å². The number of isothiocyanates is 1. The zero-order valence-electron chi connectivity index (χ0n) is 42.6. The van der Waals surface area contributed by atoms with Gasteiger partial charge in [0.15, 0.2) is 5.43 Å². The summed E-state index contributed by atoms with van der Waals surface area (Å²) in [6.45, 7) is 2.06. The number of piperidine rings is 1. The minimum absolute atomic E-state index is 0.0519. The maximum atomic E-state index is 14.7. The molecule has 2 heterocycles. The lowest BCUT2D eigenvalue weighted by atomic mass is 9.89. The number of nitrogens with zero attached hydrogens (tertiary/aromatic N) is 2. The summed E-state index contributed by atoms with van der Waals surface area (Å²) in [6, 6.07) is 13.1. The summed E-state index contributed by atoms with van der Waals surface area (Å²) in [4.78, 5) is 143. The number of aromatic hydroxyl groups is 1. The number of phenolic OH excluding ortho intramolecular Hbond substituents is 1. The summed E-state index contributed by atoms with van der Waals surface area (Å²) in [7, 11) is -4.95. The summed E-state index contributed by atoms with van der Waals surface area (Å²) < 4.78 is 22.1. The minimum atomic E-state index is -4.95. The van der Waals surface area contributed by atoms with Crippen LogP contribution in [0.25, 0.3) is 33.4 Å². The highest BCUT2D eigenvalue weighted by Gasteiger charge is 2.34. The van der Waals surface area contributed by atoms with E-state index in [9.17, 15) is 67.7 Å². The quantitative estimate of drug-likeness (QED) is 0.0180. The summed E-state index contributed by atoms with van der Waals surface area (Å²) in [5.41, 5.74) is 12.8. The highest BCUT2D eigenvalue weighted by molar-refractivity contribution is 7.78. The number of carbonyl (C=O) groups excluding carboxylic acids is 8. The number of likely N-dealkylation sites (tertiary alicyclic amines) is 1. The van der Waals surface area contributed by atoms with Crippen molar-refractivity contribution >= 4 is 89.1 Å². The number of phosphoric ester groups is 1. The van der Waals surface area contributed by atoms with Gasteiger partial charge in [0.1, 0.15) is 47.0 Å². The fourth-order valence-electron chi connectivity index (χ4n) is 8.82. The molecule has 0 aromatic heterocycles. The number of hydrogen-bond donors (Lipinski definition) is 11. The first-order chi connectivity index (χ1) is 37.4. The van der Waals surface area contributed by atoms with Crippen LogP contribution in [-0.2, 0) is 44.5 Å². The monoisotopic (exact) mass is 1130 g/mol. The number of aliphatic hydroxyl groups is 1. The van der Waals surface area contributed by atoms with Crippen molar-refractivity contribution in [1.82, 2.24) is 31.5 Å². The van der Waals surface area contributed by atoms with Crippen molar-refractivity contribution in [3.05, 3.63) is 100 Å². The normalized spacial score (nSPS) is 14.2. The second-order valence-corrected chi connectivity index (χ2v) is 20.3. The molecular formula is C52H58N9O16PS. The summed E-state index contributed by atoms with van der Waals surface area (Å²) in [6.07, 6.45) is -0.773. The number of amides is 8. The zero-order valence-corrected chi connectivity index (χ0v) is 44.3. The van der Waals surface area contributed by atoms with Crippen LogP contribution in [0, 0.1) is 11.8 Å². The van der Waals surface area contributed by atoms with Crippen LogP contribution in [0.15, 0.2) is 93.1 Å². The third kappa shape index (κ3) is 16.6. The molecule has 27 heteroatoms. The number of nitrogens with one attached hydrogen (secondary N) is 5. The zero-order chi connectivity index (χ0) is 57.7. The smallest absolute Gasteiger partial charge is 0.508 e. The van der Waals surface area contributed by atoms with E-state index in [-0.39, 0.29) is 84.9 Å². The fraction of sp³-hybridized carbons (Fsp3) is 0.346. The van der Waals surface area contributed by atoms with E-state index < -0.39 is 105 Å². The van der Waals surface area contributed by atoms with Crippen LogP contribution in [0.1, 0.15) is 61.9 Å². The van der Waals surface area contributed by atoms with Crippen molar-refractivity contribution < 1.29 is 71.9 Å². The lowest BCUT2D eigenvalue weighted by Crippen LogP contribution is -2.57. The number of aliphatic imine (C=N–C) groups is 1. The second kappa shape index (κ2) is 26.8. The Morgan fingerprint density at radius 1 is 0.835 bits per heavy atom. The maximum absolute atomic E-state index is 14.7. The van der Waals surface area contributed by atoms with Gasteiger partial charge in [-0.1, -0.05) is 32.0 Å². The van der Waals surface area contributed by atoms with Crippen LogP contribution in [0.3, 0.4) is 0 Å². The molecule has 1 aliphatic carbocycles. The van der Waals surface area contributed by atoms with Gasteiger partial charge >= 0.3 is 7.82 Å². The van der Waals surface area contributed by atoms with Gasteiger partial charge in [0.05, 0.1) is 24.0 Å². The van der Waals surface area contributed by atoms with Crippen molar-refractivity contribution in [2.45, 2.75) is 76.5 Å². The Balaban J connectivity index is 1.21. The third-order valence-corrected chi connectivity index (χ3v) is 13.2. The van der Waals surface area contributed by atoms with Crippen LogP contribution in [0.5, 0.6) is 11.5 Å². The van der Waals surface area contributed by atoms with Gasteiger partial charge in [-0.2, -0.15) is 4.99 Å². The van der Waals surface area contributed by atoms with Gasteiger partial charge in [0.25, 0.3) is 5.91 Å². The number of fused-ring (bicyclic) bond motifs is 2. The average molecular weight is 1130 g/mol. The number of benzene rings is 4. The van der Waals surface area contributed by atoms with Crippen molar-refractivity contribution in [2.24, 2.45) is 28.3 Å². The predicted molar refractivity (Wildman–Crippen MR) is 287 cm³/mol. The molecule has 1 fully saturated rings. The first-order valence-electron chi connectivity index (χ1n) is 24.6. The Hall–Kier alpha value is -8.38. The summed E-state index contributed by atoms with van der Waals surface area (Å²) in [5, 5.41) is 34.9. The number of carbonyl (C=O) groups is 8. The van der Waals surface area contributed by atoms with E-state index in [1.807, 2.05) is 0 Å². The van der Waals surface area contributed by atoms with E-state index in [1.54, 1.807) is 38.1 Å². The molecule has 8 amide bonds. The van der Waals surface area contributed by atoms with Crippen molar-refractivity contribution in [3.63, 3.8) is 0 Å². The number of rotatable bonds is 24. The highest BCUT2D eigenvalue weighted by Crippen LogP contribution is 2.43. The average Bonchev–Trinajstić information content (AvgIpc) is 3.60. The molecule has 4 atom stereocenters. The number of phosphoric acid groups is 1. The van der Waals surface area contributed by atoms with E-state index in [0.29, 0.717) is 33.3 Å². The molecule has 418 valence electrons. The SMILES string of the molecule is CC(C)C[C@H](NC(=O)CNC(=O)[C@H](CCC(N)=O)NC(=O)[C@H](Cc1ccc(OP(=O)(O)O)cc1)NC(=O)C1CCN(C(=O)c2cc(N=C=S)ccc2-c2c3ccc(=O)cc-3oc3cc(O)ccc23)CC1)C(=O)N[C@@H](CO)C(N)=O. The Morgan fingerprint density at radius 3 is 2.14 bits per heavy atom. The largest absolute Gasteiger partial charge is 0.524 e. The molecule has 3 aromatic rings. The van der Waals surface area contributed by atoms with E-state index in [1.165, 1.54) is 59.5 Å². The number of aliphatic hydroxyl groups excluding tert-OH is 1. The van der Waals surface area contributed by atoms with Crippen LogP contribution in [0.4, 0.5) is 5.69 Å². The molecule has 0 unspecified atom stereocenters. The Kier molecular flexibility index (Phi) is 20.3. The number of primary amides is 2.